The summed E-state index contributed by atoms with van der Waals surface area (Å²) >= 11 is 0. The highest BCUT2D eigenvalue weighted by molar-refractivity contribution is 5.37. The highest BCUT2D eigenvalue weighted by Crippen LogP contribution is 2.42. The molecule has 1 aliphatic heterocycles. The van der Waals surface area contributed by atoms with E-state index in [0.717, 1.165) is 44.4 Å². The molecule has 2 aliphatic carbocycles. The smallest absolute Gasteiger partial charge is 0.416 e. The van der Waals surface area contributed by atoms with Crippen molar-refractivity contribution in [2.45, 2.75) is 63.8 Å². The first kappa shape index (κ1) is 18.6. The fraction of sp³-hybridized carbons (Fsp3) is 0.545. The molecule has 2 atom stereocenters. The van der Waals surface area contributed by atoms with Crippen molar-refractivity contribution in [3.8, 4) is 0 Å². The van der Waals surface area contributed by atoms with E-state index < -0.39 is 11.7 Å². The first-order valence-electron chi connectivity index (χ1n) is 9.88. The lowest BCUT2D eigenvalue weighted by Crippen LogP contribution is -2.27. The van der Waals surface area contributed by atoms with Crippen LogP contribution in [0.5, 0.6) is 0 Å². The van der Waals surface area contributed by atoms with Gasteiger partial charge in [0.15, 0.2) is 0 Å². The average molecular weight is 377 g/mol. The van der Waals surface area contributed by atoms with Gasteiger partial charge in [-0.15, -0.1) is 0 Å². The molecule has 146 valence electrons. The number of benzene rings is 1. The van der Waals surface area contributed by atoms with E-state index in [9.17, 15) is 13.2 Å². The Labute approximate surface area is 158 Å². The minimum atomic E-state index is -4.32. The molecule has 27 heavy (non-hydrogen) atoms. The van der Waals surface area contributed by atoms with Gasteiger partial charge in [-0.2, -0.15) is 13.2 Å². The molecule has 2 unspecified atom stereocenters. The molecule has 0 aromatic heterocycles. The quantitative estimate of drug-likeness (QED) is 0.727. The van der Waals surface area contributed by atoms with E-state index in [-0.39, 0.29) is 12.5 Å². The molecule has 3 aliphatic rings. The fourth-order valence-corrected chi connectivity index (χ4v) is 4.78. The predicted octanol–water partition coefficient (Wildman–Crippen LogP) is 5.70. The Morgan fingerprint density at radius 2 is 1.93 bits per heavy atom. The van der Waals surface area contributed by atoms with E-state index in [1.165, 1.54) is 11.6 Å². The molecule has 1 N–H and O–H groups in total. The van der Waals surface area contributed by atoms with E-state index in [1.807, 2.05) is 6.08 Å². The lowest BCUT2D eigenvalue weighted by Gasteiger charge is -2.24. The standard InChI is InChI=1S/C22H26F3NO/c1-14-17-10-11-26-20(17)8-9-21(14)27-13-15-6-7-18(16-4-2-3-5-16)19(12-15)22(23,24)25/h6-9,12,16-17,20,26H,2-5,10-11,13H2,1H3. The minimum Gasteiger partial charge on any atom is -0.489 e. The Kier molecular flexibility index (Phi) is 5.06. The van der Waals surface area contributed by atoms with Crippen molar-refractivity contribution in [2.75, 3.05) is 6.54 Å². The van der Waals surface area contributed by atoms with Crippen LogP contribution in [0.2, 0.25) is 0 Å². The summed E-state index contributed by atoms with van der Waals surface area (Å²) in [6.45, 7) is 3.21. The second-order valence-corrected chi connectivity index (χ2v) is 7.97. The molecule has 1 aromatic carbocycles. The Morgan fingerprint density at radius 1 is 1.15 bits per heavy atom. The van der Waals surface area contributed by atoms with Crippen LogP contribution < -0.4 is 5.32 Å². The zero-order valence-electron chi connectivity index (χ0n) is 15.6. The summed E-state index contributed by atoms with van der Waals surface area (Å²) in [6, 6.07) is 5.12. The maximum Gasteiger partial charge on any atom is 0.416 e. The molecule has 1 saturated heterocycles. The summed E-state index contributed by atoms with van der Waals surface area (Å²) in [4.78, 5) is 0. The van der Waals surface area contributed by atoms with Gasteiger partial charge in [0.05, 0.1) is 5.56 Å². The van der Waals surface area contributed by atoms with Gasteiger partial charge in [-0.25, -0.2) is 0 Å². The SMILES string of the molecule is CC1=C(OCc2ccc(C3CCCC3)c(C(F)(F)F)c2)C=CC2NCCC12. The van der Waals surface area contributed by atoms with Crippen LogP contribution in [0.25, 0.3) is 0 Å². The van der Waals surface area contributed by atoms with Gasteiger partial charge in [0.2, 0.25) is 0 Å². The molecule has 1 heterocycles. The van der Waals surface area contributed by atoms with Crippen molar-refractivity contribution in [3.63, 3.8) is 0 Å². The summed E-state index contributed by atoms with van der Waals surface area (Å²) in [7, 11) is 0. The first-order chi connectivity index (χ1) is 12.9. The van der Waals surface area contributed by atoms with E-state index in [2.05, 4.69) is 18.3 Å². The largest absolute Gasteiger partial charge is 0.489 e. The average Bonchev–Trinajstić information content (AvgIpc) is 3.32. The van der Waals surface area contributed by atoms with Crippen molar-refractivity contribution in [1.29, 1.82) is 0 Å². The number of hydrogen-bond donors (Lipinski definition) is 1. The number of allylic oxidation sites excluding steroid dienone is 1. The van der Waals surface area contributed by atoms with Crippen molar-refractivity contribution < 1.29 is 17.9 Å². The maximum absolute atomic E-state index is 13.6. The maximum atomic E-state index is 13.6. The van der Waals surface area contributed by atoms with Gasteiger partial charge in [-0.3, -0.25) is 0 Å². The molecule has 4 rings (SSSR count). The molecule has 0 radical (unpaired) electrons. The zero-order valence-corrected chi connectivity index (χ0v) is 15.6. The monoisotopic (exact) mass is 377 g/mol. The second-order valence-electron chi connectivity index (χ2n) is 7.97. The van der Waals surface area contributed by atoms with Crippen molar-refractivity contribution in [1.82, 2.24) is 5.32 Å². The Balaban J connectivity index is 1.52. The summed E-state index contributed by atoms with van der Waals surface area (Å²) < 4.78 is 46.8. The summed E-state index contributed by atoms with van der Waals surface area (Å²) in [5.41, 5.74) is 1.73. The molecule has 1 saturated carbocycles. The molecular formula is C22H26F3NO. The van der Waals surface area contributed by atoms with Crippen molar-refractivity contribution in [3.05, 3.63) is 58.4 Å². The normalized spacial score (nSPS) is 25.9. The van der Waals surface area contributed by atoms with E-state index >= 15 is 0 Å². The molecule has 2 nitrogen and oxygen atoms in total. The van der Waals surface area contributed by atoms with Gasteiger partial charge in [0, 0.05) is 12.0 Å². The zero-order chi connectivity index (χ0) is 19.0. The third-order valence-corrected chi connectivity index (χ3v) is 6.28. The third-order valence-electron chi connectivity index (χ3n) is 6.28. The number of ether oxygens (including phenoxy) is 1. The summed E-state index contributed by atoms with van der Waals surface area (Å²) in [5.74, 6) is 1.27. The van der Waals surface area contributed by atoms with Crippen molar-refractivity contribution in [2.24, 2.45) is 5.92 Å². The van der Waals surface area contributed by atoms with Gasteiger partial charge in [0.1, 0.15) is 12.4 Å². The molecule has 1 aromatic rings. The van der Waals surface area contributed by atoms with Gasteiger partial charge >= 0.3 is 6.18 Å². The van der Waals surface area contributed by atoms with Gasteiger partial charge in [-0.05, 0) is 67.5 Å². The van der Waals surface area contributed by atoms with E-state index in [4.69, 9.17) is 4.74 Å². The molecule has 0 spiro atoms. The third kappa shape index (κ3) is 3.79. The Hall–Kier alpha value is -1.75. The Morgan fingerprint density at radius 3 is 2.67 bits per heavy atom. The van der Waals surface area contributed by atoms with Gasteiger partial charge < -0.3 is 10.1 Å². The Bertz CT molecular complexity index is 759. The fourth-order valence-electron chi connectivity index (χ4n) is 4.78. The number of nitrogens with one attached hydrogen (secondary N) is 1. The number of hydrogen-bond acceptors (Lipinski definition) is 2. The lowest BCUT2D eigenvalue weighted by molar-refractivity contribution is -0.138. The van der Waals surface area contributed by atoms with Crippen LogP contribution in [0.15, 0.2) is 41.7 Å². The highest BCUT2D eigenvalue weighted by Gasteiger charge is 2.36. The molecule has 0 amide bonds. The highest BCUT2D eigenvalue weighted by atomic mass is 19.4. The van der Waals surface area contributed by atoms with Crippen LogP contribution >= 0.6 is 0 Å². The number of halogens is 3. The summed E-state index contributed by atoms with van der Waals surface area (Å²) in [5, 5.41) is 3.44. The van der Waals surface area contributed by atoms with Crippen LogP contribution in [-0.4, -0.2) is 12.6 Å². The number of rotatable bonds is 4. The number of fused-ring (bicyclic) bond motifs is 1. The molecule has 5 heteroatoms. The van der Waals surface area contributed by atoms with Crippen LogP contribution in [0.4, 0.5) is 13.2 Å². The first-order valence-corrected chi connectivity index (χ1v) is 9.88. The van der Waals surface area contributed by atoms with Crippen LogP contribution in [0.3, 0.4) is 0 Å². The number of alkyl halides is 3. The van der Waals surface area contributed by atoms with Gasteiger partial charge in [-0.1, -0.05) is 31.1 Å². The van der Waals surface area contributed by atoms with Crippen LogP contribution in [-0.2, 0) is 17.5 Å². The van der Waals surface area contributed by atoms with Crippen LogP contribution in [0, 0.1) is 5.92 Å². The second kappa shape index (κ2) is 7.34. The van der Waals surface area contributed by atoms with Crippen molar-refractivity contribution >= 4 is 0 Å². The topological polar surface area (TPSA) is 21.3 Å². The predicted molar refractivity (Wildman–Crippen MR) is 99.2 cm³/mol. The van der Waals surface area contributed by atoms with E-state index in [1.54, 1.807) is 12.1 Å². The van der Waals surface area contributed by atoms with Gasteiger partial charge in [0.25, 0.3) is 0 Å². The minimum absolute atomic E-state index is 0.0367. The lowest BCUT2D eigenvalue weighted by atomic mass is 9.88. The summed E-state index contributed by atoms with van der Waals surface area (Å²) in [6.07, 6.45) is 4.54. The molecule has 2 fully saturated rings. The molecular weight excluding hydrogens is 351 g/mol. The van der Waals surface area contributed by atoms with E-state index in [0.29, 0.717) is 23.1 Å². The molecule has 0 bridgehead atoms. The van der Waals surface area contributed by atoms with Crippen LogP contribution in [0.1, 0.15) is 61.6 Å².